The molecule has 0 bridgehead atoms. The van der Waals surface area contributed by atoms with Gasteiger partial charge in [0.15, 0.2) is 0 Å². The summed E-state index contributed by atoms with van der Waals surface area (Å²) in [7, 11) is 0. The first-order chi connectivity index (χ1) is 5.33. The second kappa shape index (κ2) is 4.06. The Morgan fingerprint density at radius 2 is 2.00 bits per heavy atom. The molecule has 0 spiro atoms. The van der Waals surface area contributed by atoms with E-state index in [0.717, 1.165) is 30.7 Å². The van der Waals surface area contributed by atoms with E-state index in [2.05, 4.69) is 16.9 Å². The van der Waals surface area contributed by atoms with Crippen molar-refractivity contribution in [3.63, 3.8) is 0 Å². The van der Waals surface area contributed by atoms with Gasteiger partial charge in [-0.2, -0.15) is 0 Å². The lowest BCUT2D eigenvalue weighted by atomic mass is 10.2. The molecule has 0 unspecified atom stereocenters. The van der Waals surface area contributed by atoms with Crippen LogP contribution in [-0.2, 0) is 6.42 Å². The summed E-state index contributed by atoms with van der Waals surface area (Å²) in [6, 6.07) is 0. The third kappa shape index (κ3) is 2.66. The number of aromatic nitrogens is 2. The second-order valence-corrected chi connectivity index (χ2v) is 2.63. The van der Waals surface area contributed by atoms with Gasteiger partial charge >= 0.3 is 0 Å². The van der Waals surface area contributed by atoms with Crippen LogP contribution in [-0.4, -0.2) is 9.97 Å². The lowest BCUT2D eigenvalue weighted by molar-refractivity contribution is 0.781. The van der Waals surface area contributed by atoms with Crippen LogP contribution in [0.5, 0.6) is 0 Å². The summed E-state index contributed by atoms with van der Waals surface area (Å²) in [4.78, 5) is 8.35. The highest BCUT2D eigenvalue weighted by atomic mass is 14.9. The van der Waals surface area contributed by atoms with Crippen molar-refractivity contribution in [2.75, 3.05) is 0 Å². The van der Waals surface area contributed by atoms with Crippen molar-refractivity contribution in [1.82, 2.24) is 9.97 Å². The van der Waals surface area contributed by atoms with Gasteiger partial charge in [-0.15, -0.1) is 0 Å². The first-order valence-electron chi connectivity index (χ1n) is 3.89. The van der Waals surface area contributed by atoms with E-state index in [9.17, 15) is 0 Å². The molecule has 0 saturated heterocycles. The van der Waals surface area contributed by atoms with E-state index in [1.165, 1.54) is 0 Å². The summed E-state index contributed by atoms with van der Waals surface area (Å²) in [6.07, 6.45) is 6.68. The van der Waals surface area contributed by atoms with Crippen LogP contribution in [0.25, 0.3) is 0 Å². The van der Waals surface area contributed by atoms with E-state index in [-0.39, 0.29) is 0 Å². The molecular weight excluding hydrogens is 136 g/mol. The Hall–Kier alpha value is -0.920. The number of hydrogen-bond donors (Lipinski definition) is 0. The van der Waals surface area contributed by atoms with E-state index in [4.69, 9.17) is 0 Å². The van der Waals surface area contributed by atoms with Crippen LogP contribution in [0.1, 0.15) is 24.2 Å². The third-order valence-corrected chi connectivity index (χ3v) is 1.48. The molecule has 0 amide bonds. The largest absolute Gasteiger partial charge is 0.241 e. The van der Waals surface area contributed by atoms with Gasteiger partial charge in [-0.25, -0.2) is 9.97 Å². The summed E-state index contributed by atoms with van der Waals surface area (Å²) in [6.45, 7) is 5.75. The van der Waals surface area contributed by atoms with E-state index >= 15 is 0 Å². The lowest BCUT2D eigenvalue weighted by Gasteiger charge is -1.96. The minimum absolute atomic E-state index is 0.930. The number of aryl methyl sites for hydroxylation is 2. The Morgan fingerprint density at radius 3 is 2.55 bits per heavy atom. The second-order valence-electron chi connectivity index (χ2n) is 2.63. The predicted octanol–water partition coefficient (Wildman–Crippen LogP) is 1.94. The molecule has 59 valence electrons. The van der Waals surface area contributed by atoms with E-state index in [0.29, 0.717) is 0 Å². The number of rotatable bonds is 3. The maximum absolute atomic E-state index is 4.18. The molecule has 2 heteroatoms. The summed E-state index contributed by atoms with van der Waals surface area (Å²) >= 11 is 0. The first kappa shape index (κ1) is 8.18. The number of nitrogens with zero attached hydrogens (tertiary/aromatic N) is 2. The van der Waals surface area contributed by atoms with Crippen LogP contribution in [0.4, 0.5) is 0 Å². The fourth-order valence-electron chi connectivity index (χ4n) is 0.832. The summed E-state index contributed by atoms with van der Waals surface area (Å²) in [5.74, 6) is 0.930. The molecule has 11 heavy (non-hydrogen) atoms. The Kier molecular flexibility index (Phi) is 3.02. The standard InChI is InChI=1S/C9H13N2/c1-3-4-5-9-10-6-8(2)7-11-9/h6-7H,1,3-5H2,2H3. The zero-order valence-corrected chi connectivity index (χ0v) is 6.88. The molecule has 0 aliphatic heterocycles. The molecule has 1 rings (SSSR count). The zero-order chi connectivity index (χ0) is 8.10. The SMILES string of the molecule is [CH2]CCCc1ncc(C)cn1. The van der Waals surface area contributed by atoms with Gasteiger partial charge in [0.05, 0.1) is 0 Å². The average Bonchev–Trinajstić information content (AvgIpc) is 2.04. The van der Waals surface area contributed by atoms with Crippen molar-refractivity contribution in [3.8, 4) is 0 Å². The molecule has 1 aromatic rings. The van der Waals surface area contributed by atoms with Crippen LogP contribution in [0.3, 0.4) is 0 Å². The van der Waals surface area contributed by atoms with Gasteiger partial charge in [0.1, 0.15) is 5.82 Å². The fraction of sp³-hybridized carbons (Fsp3) is 0.444. The molecule has 0 atom stereocenters. The Labute approximate surface area is 67.7 Å². The third-order valence-electron chi connectivity index (χ3n) is 1.48. The fourth-order valence-corrected chi connectivity index (χ4v) is 0.832. The molecule has 1 radical (unpaired) electrons. The van der Waals surface area contributed by atoms with Crippen LogP contribution in [0.15, 0.2) is 12.4 Å². The minimum atomic E-state index is 0.930. The monoisotopic (exact) mass is 149 g/mol. The van der Waals surface area contributed by atoms with E-state index in [1.807, 2.05) is 19.3 Å². The van der Waals surface area contributed by atoms with Crippen molar-refractivity contribution in [3.05, 3.63) is 30.7 Å². The topological polar surface area (TPSA) is 25.8 Å². The van der Waals surface area contributed by atoms with E-state index < -0.39 is 0 Å². The predicted molar refractivity (Wildman–Crippen MR) is 45.1 cm³/mol. The molecule has 0 N–H and O–H groups in total. The van der Waals surface area contributed by atoms with Crippen LogP contribution < -0.4 is 0 Å². The molecule has 0 aliphatic carbocycles. The molecule has 2 nitrogen and oxygen atoms in total. The number of unbranched alkanes of at least 4 members (excludes halogenated alkanes) is 1. The van der Waals surface area contributed by atoms with Crippen LogP contribution >= 0.6 is 0 Å². The number of hydrogen-bond acceptors (Lipinski definition) is 2. The molecular formula is C9H13N2. The minimum Gasteiger partial charge on any atom is -0.241 e. The summed E-state index contributed by atoms with van der Waals surface area (Å²) < 4.78 is 0. The maximum Gasteiger partial charge on any atom is 0.128 e. The van der Waals surface area contributed by atoms with Crippen LogP contribution in [0.2, 0.25) is 0 Å². The Balaban J connectivity index is 2.52. The lowest BCUT2D eigenvalue weighted by Crippen LogP contribution is -1.94. The van der Waals surface area contributed by atoms with Crippen molar-refractivity contribution in [2.24, 2.45) is 0 Å². The summed E-state index contributed by atoms with van der Waals surface area (Å²) in [5.41, 5.74) is 1.11. The van der Waals surface area contributed by atoms with Crippen molar-refractivity contribution < 1.29 is 0 Å². The molecule has 0 saturated carbocycles. The van der Waals surface area contributed by atoms with Crippen LogP contribution in [0, 0.1) is 13.8 Å². The molecule has 0 aliphatic rings. The Bertz CT molecular complexity index is 203. The average molecular weight is 149 g/mol. The highest BCUT2D eigenvalue weighted by Gasteiger charge is 1.93. The molecule has 1 heterocycles. The quantitative estimate of drug-likeness (QED) is 0.656. The van der Waals surface area contributed by atoms with Gasteiger partial charge in [0.2, 0.25) is 0 Å². The first-order valence-corrected chi connectivity index (χ1v) is 3.89. The smallest absolute Gasteiger partial charge is 0.128 e. The van der Waals surface area contributed by atoms with Gasteiger partial charge in [-0.1, -0.05) is 13.3 Å². The van der Waals surface area contributed by atoms with E-state index in [1.54, 1.807) is 0 Å². The summed E-state index contributed by atoms with van der Waals surface area (Å²) in [5, 5.41) is 0. The van der Waals surface area contributed by atoms with Gasteiger partial charge < -0.3 is 0 Å². The zero-order valence-electron chi connectivity index (χ0n) is 6.88. The van der Waals surface area contributed by atoms with Gasteiger partial charge in [0.25, 0.3) is 0 Å². The normalized spacial score (nSPS) is 10.0. The highest BCUT2D eigenvalue weighted by molar-refractivity contribution is 5.01. The molecule has 1 aromatic heterocycles. The van der Waals surface area contributed by atoms with Crippen molar-refractivity contribution >= 4 is 0 Å². The van der Waals surface area contributed by atoms with Crippen molar-refractivity contribution in [2.45, 2.75) is 26.2 Å². The maximum atomic E-state index is 4.18. The van der Waals surface area contributed by atoms with Crippen molar-refractivity contribution in [1.29, 1.82) is 0 Å². The molecule has 0 aromatic carbocycles. The van der Waals surface area contributed by atoms with Gasteiger partial charge in [0, 0.05) is 18.8 Å². The highest BCUT2D eigenvalue weighted by Crippen LogP contribution is 1.98. The van der Waals surface area contributed by atoms with Gasteiger partial charge in [-0.05, 0) is 18.9 Å². The molecule has 0 fully saturated rings. The Morgan fingerprint density at radius 1 is 1.36 bits per heavy atom. The van der Waals surface area contributed by atoms with Gasteiger partial charge in [-0.3, -0.25) is 0 Å².